The molecule has 6 nitrogen and oxygen atoms in total. The standard InChI is InChI=1S/C10H22N2O4/c1-10(16,7-12(2)3)6-11-5-8(13)4-9(14)15/h8,11,13,16H,4-7H2,1-3H3,(H,14,15). The molecule has 6 heteroatoms. The number of aliphatic carboxylic acids is 1. The number of likely N-dealkylation sites (N-methyl/N-ethyl adjacent to an activating group) is 1. The van der Waals surface area contributed by atoms with Gasteiger partial charge < -0.3 is 25.5 Å². The smallest absolute Gasteiger partial charge is 0.306 e. The van der Waals surface area contributed by atoms with E-state index in [0.29, 0.717) is 13.1 Å². The minimum absolute atomic E-state index is 0.163. The van der Waals surface area contributed by atoms with E-state index in [0.717, 1.165) is 0 Å². The summed E-state index contributed by atoms with van der Waals surface area (Å²) in [4.78, 5) is 12.1. The molecule has 0 heterocycles. The van der Waals surface area contributed by atoms with Crippen molar-refractivity contribution in [3.05, 3.63) is 0 Å². The molecule has 0 aliphatic heterocycles. The van der Waals surface area contributed by atoms with E-state index in [1.165, 1.54) is 0 Å². The van der Waals surface area contributed by atoms with Crippen molar-refractivity contribution in [2.24, 2.45) is 0 Å². The molecule has 16 heavy (non-hydrogen) atoms. The van der Waals surface area contributed by atoms with Crippen molar-refractivity contribution in [3.63, 3.8) is 0 Å². The van der Waals surface area contributed by atoms with Gasteiger partial charge in [0.15, 0.2) is 0 Å². The van der Waals surface area contributed by atoms with Gasteiger partial charge in [0.1, 0.15) is 0 Å². The van der Waals surface area contributed by atoms with Crippen molar-refractivity contribution in [2.75, 3.05) is 33.7 Å². The number of carboxylic acids is 1. The average Bonchev–Trinajstić information content (AvgIpc) is 1.98. The van der Waals surface area contributed by atoms with Crippen molar-refractivity contribution in [1.29, 1.82) is 0 Å². The summed E-state index contributed by atoms with van der Waals surface area (Å²) in [6.07, 6.45) is -1.21. The molecule has 0 rings (SSSR count). The normalized spacial score (nSPS) is 17.1. The average molecular weight is 234 g/mol. The molecule has 0 saturated heterocycles. The molecule has 0 spiro atoms. The van der Waals surface area contributed by atoms with Crippen molar-refractivity contribution in [3.8, 4) is 0 Å². The van der Waals surface area contributed by atoms with Crippen molar-refractivity contribution in [2.45, 2.75) is 25.0 Å². The highest BCUT2D eigenvalue weighted by molar-refractivity contribution is 5.67. The first-order valence-electron chi connectivity index (χ1n) is 5.20. The highest BCUT2D eigenvalue weighted by Crippen LogP contribution is 2.02. The molecule has 2 atom stereocenters. The summed E-state index contributed by atoms with van der Waals surface area (Å²) in [5, 5.41) is 30.4. The van der Waals surface area contributed by atoms with Gasteiger partial charge in [-0.1, -0.05) is 0 Å². The molecule has 4 N–H and O–H groups in total. The molecular formula is C10H22N2O4. The van der Waals surface area contributed by atoms with Crippen LogP contribution in [0.25, 0.3) is 0 Å². The summed E-state index contributed by atoms with van der Waals surface area (Å²) >= 11 is 0. The summed E-state index contributed by atoms with van der Waals surface area (Å²) in [5.74, 6) is -1.03. The Balaban J connectivity index is 3.75. The van der Waals surface area contributed by atoms with E-state index in [4.69, 9.17) is 5.11 Å². The number of hydrogen-bond acceptors (Lipinski definition) is 5. The van der Waals surface area contributed by atoms with E-state index in [9.17, 15) is 15.0 Å². The fourth-order valence-corrected chi connectivity index (χ4v) is 1.52. The maximum Gasteiger partial charge on any atom is 0.306 e. The fraction of sp³-hybridized carbons (Fsp3) is 0.900. The van der Waals surface area contributed by atoms with Crippen LogP contribution < -0.4 is 5.32 Å². The van der Waals surface area contributed by atoms with Crippen LogP contribution in [0.5, 0.6) is 0 Å². The third-order valence-electron chi connectivity index (χ3n) is 1.95. The number of nitrogens with zero attached hydrogens (tertiary/aromatic N) is 1. The summed E-state index contributed by atoms with van der Waals surface area (Å²) < 4.78 is 0. The van der Waals surface area contributed by atoms with E-state index in [2.05, 4.69) is 5.32 Å². The number of nitrogens with one attached hydrogen (secondary N) is 1. The Labute approximate surface area is 95.9 Å². The van der Waals surface area contributed by atoms with Gasteiger partial charge in [0.05, 0.1) is 18.1 Å². The van der Waals surface area contributed by atoms with Crippen LogP contribution in [0.3, 0.4) is 0 Å². The fourth-order valence-electron chi connectivity index (χ4n) is 1.52. The van der Waals surface area contributed by atoms with Crippen LogP contribution in [0.1, 0.15) is 13.3 Å². The molecule has 0 aromatic rings. The second-order valence-corrected chi connectivity index (χ2v) is 4.62. The number of rotatable bonds is 8. The van der Waals surface area contributed by atoms with E-state index in [1.807, 2.05) is 19.0 Å². The van der Waals surface area contributed by atoms with Gasteiger partial charge in [-0.05, 0) is 21.0 Å². The molecule has 96 valence electrons. The maximum absolute atomic E-state index is 10.3. The monoisotopic (exact) mass is 234 g/mol. The van der Waals surface area contributed by atoms with Gasteiger partial charge in [-0.2, -0.15) is 0 Å². The van der Waals surface area contributed by atoms with Crippen molar-refractivity contribution in [1.82, 2.24) is 10.2 Å². The van der Waals surface area contributed by atoms with Gasteiger partial charge in [0, 0.05) is 19.6 Å². The zero-order chi connectivity index (χ0) is 12.8. The Morgan fingerprint density at radius 3 is 2.50 bits per heavy atom. The van der Waals surface area contributed by atoms with E-state index in [-0.39, 0.29) is 13.0 Å². The molecule has 0 aromatic heterocycles. The maximum atomic E-state index is 10.3. The number of carbonyl (C=O) groups is 1. The molecule has 0 aliphatic carbocycles. The zero-order valence-corrected chi connectivity index (χ0v) is 10.1. The Hall–Kier alpha value is -0.690. The molecule has 2 unspecified atom stereocenters. The number of carboxylic acid groups (broad SMARTS) is 1. The molecule has 0 aromatic carbocycles. The first-order chi connectivity index (χ1) is 7.23. The van der Waals surface area contributed by atoms with Crippen LogP contribution in [-0.2, 0) is 4.79 Å². The highest BCUT2D eigenvalue weighted by Gasteiger charge is 2.21. The summed E-state index contributed by atoms with van der Waals surface area (Å²) in [6.45, 7) is 2.65. The first-order valence-corrected chi connectivity index (χ1v) is 5.20. The summed E-state index contributed by atoms with van der Waals surface area (Å²) in [6, 6.07) is 0. The van der Waals surface area contributed by atoms with Crippen LogP contribution in [0, 0.1) is 0 Å². The SMILES string of the molecule is CN(C)CC(C)(O)CNCC(O)CC(=O)O. The van der Waals surface area contributed by atoms with E-state index < -0.39 is 17.7 Å². The minimum atomic E-state index is -1.03. The molecule has 0 saturated carbocycles. The van der Waals surface area contributed by atoms with Crippen LogP contribution in [-0.4, -0.2) is 71.6 Å². The zero-order valence-electron chi connectivity index (χ0n) is 10.1. The third-order valence-corrected chi connectivity index (χ3v) is 1.95. The van der Waals surface area contributed by atoms with E-state index >= 15 is 0 Å². The predicted octanol–water partition coefficient (Wildman–Crippen LogP) is -1.28. The van der Waals surface area contributed by atoms with Crippen LogP contribution in [0.15, 0.2) is 0 Å². The van der Waals surface area contributed by atoms with Gasteiger partial charge >= 0.3 is 5.97 Å². The molecule has 0 amide bonds. The lowest BCUT2D eigenvalue weighted by Gasteiger charge is -2.27. The number of hydrogen-bond donors (Lipinski definition) is 4. The lowest BCUT2D eigenvalue weighted by atomic mass is 10.1. The van der Waals surface area contributed by atoms with Gasteiger partial charge in [0.25, 0.3) is 0 Å². The van der Waals surface area contributed by atoms with Crippen LogP contribution in [0.4, 0.5) is 0 Å². The van der Waals surface area contributed by atoms with Crippen LogP contribution in [0.2, 0.25) is 0 Å². The first kappa shape index (κ1) is 15.3. The predicted molar refractivity (Wildman–Crippen MR) is 60.3 cm³/mol. The number of aliphatic hydroxyl groups excluding tert-OH is 1. The third kappa shape index (κ3) is 8.60. The van der Waals surface area contributed by atoms with Gasteiger partial charge in [-0.25, -0.2) is 0 Å². The van der Waals surface area contributed by atoms with E-state index in [1.54, 1.807) is 6.92 Å². The molecule has 0 bridgehead atoms. The second-order valence-electron chi connectivity index (χ2n) is 4.62. The largest absolute Gasteiger partial charge is 0.481 e. The van der Waals surface area contributed by atoms with Crippen molar-refractivity contribution >= 4 is 5.97 Å². The van der Waals surface area contributed by atoms with Crippen molar-refractivity contribution < 1.29 is 20.1 Å². The lowest BCUT2D eigenvalue weighted by molar-refractivity contribution is -0.139. The Morgan fingerprint density at radius 2 is 2.06 bits per heavy atom. The summed E-state index contributed by atoms with van der Waals surface area (Å²) in [5.41, 5.74) is -0.896. The lowest BCUT2D eigenvalue weighted by Crippen LogP contribution is -2.47. The second kappa shape index (κ2) is 6.80. The minimum Gasteiger partial charge on any atom is -0.481 e. The van der Waals surface area contributed by atoms with Gasteiger partial charge in [0.2, 0.25) is 0 Å². The molecular weight excluding hydrogens is 212 g/mol. The Bertz CT molecular complexity index is 219. The Kier molecular flexibility index (Phi) is 6.51. The van der Waals surface area contributed by atoms with Gasteiger partial charge in [-0.3, -0.25) is 4.79 Å². The Morgan fingerprint density at radius 1 is 1.50 bits per heavy atom. The molecule has 0 aliphatic rings. The summed E-state index contributed by atoms with van der Waals surface area (Å²) in [7, 11) is 3.71. The topological polar surface area (TPSA) is 93.0 Å². The number of aliphatic hydroxyl groups is 2. The quantitative estimate of drug-likeness (QED) is 0.418. The highest BCUT2D eigenvalue weighted by atomic mass is 16.4. The van der Waals surface area contributed by atoms with Gasteiger partial charge in [-0.15, -0.1) is 0 Å². The van der Waals surface area contributed by atoms with Crippen LogP contribution >= 0.6 is 0 Å². The molecule has 0 fully saturated rings. The molecule has 0 radical (unpaired) electrons.